The first-order valence-electron chi connectivity index (χ1n) is 6.43. The van der Waals surface area contributed by atoms with Gasteiger partial charge < -0.3 is 24.8 Å². The molecule has 1 aromatic rings. The molecule has 2 amide bonds. The standard InChI is InChI=1S/C11H13NO3.C3H7NO2/c1-7-6-8-4-3-5-9(10(8)14-7)15-11(13)12-2;1-4(2)3(5)6/h3-5,7H,6H2,1-2H3,(H,12,13);1-2H3,(H,5,6). The fourth-order valence-electron chi connectivity index (χ4n) is 1.64. The van der Waals surface area contributed by atoms with Crippen molar-refractivity contribution in [2.75, 3.05) is 21.1 Å². The maximum Gasteiger partial charge on any atom is 0.412 e. The summed E-state index contributed by atoms with van der Waals surface area (Å²) in [5.41, 5.74) is 1.09. The Morgan fingerprint density at radius 3 is 2.57 bits per heavy atom. The Hall–Kier alpha value is -2.44. The van der Waals surface area contributed by atoms with E-state index >= 15 is 0 Å². The number of carbonyl (C=O) groups is 2. The van der Waals surface area contributed by atoms with Crippen molar-refractivity contribution in [1.29, 1.82) is 0 Å². The minimum Gasteiger partial charge on any atom is -0.486 e. The lowest BCUT2D eigenvalue weighted by atomic mass is 10.1. The number of carbonyl (C=O) groups excluding carboxylic acids is 1. The average molecular weight is 296 g/mol. The van der Waals surface area contributed by atoms with Gasteiger partial charge in [0.1, 0.15) is 6.10 Å². The number of carboxylic acid groups (broad SMARTS) is 1. The summed E-state index contributed by atoms with van der Waals surface area (Å²) in [6.45, 7) is 1.99. The SMILES string of the molecule is CN(C)C(=O)O.CNC(=O)Oc1cccc2c1OC(C)C2. The van der Waals surface area contributed by atoms with Crippen LogP contribution in [0.15, 0.2) is 18.2 Å². The van der Waals surface area contributed by atoms with Gasteiger partial charge in [0.15, 0.2) is 11.5 Å². The predicted molar refractivity (Wildman–Crippen MR) is 77.0 cm³/mol. The largest absolute Gasteiger partial charge is 0.486 e. The molecule has 116 valence electrons. The number of nitrogens with zero attached hydrogens (tertiary/aromatic N) is 1. The van der Waals surface area contributed by atoms with Gasteiger partial charge in [-0.25, -0.2) is 9.59 Å². The van der Waals surface area contributed by atoms with Gasteiger partial charge in [-0.2, -0.15) is 0 Å². The summed E-state index contributed by atoms with van der Waals surface area (Å²) in [5, 5.41) is 10.3. The molecule has 0 fully saturated rings. The van der Waals surface area contributed by atoms with E-state index in [1.54, 1.807) is 6.07 Å². The minimum atomic E-state index is -0.907. The molecule has 7 nitrogen and oxygen atoms in total. The molecule has 21 heavy (non-hydrogen) atoms. The second-order valence-corrected chi connectivity index (χ2v) is 4.69. The Bertz CT molecular complexity index is 516. The normalized spacial score (nSPS) is 15.0. The lowest BCUT2D eigenvalue weighted by molar-refractivity contribution is 0.165. The fraction of sp³-hybridized carbons (Fsp3) is 0.429. The highest BCUT2D eigenvalue weighted by Gasteiger charge is 2.23. The quantitative estimate of drug-likeness (QED) is 0.827. The number of hydrogen-bond donors (Lipinski definition) is 2. The molecule has 0 radical (unpaired) electrons. The first kappa shape index (κ1) is 16.6. The van der Waals surface area contributed by atoms with Gasteiger partial charge in [-0.1, -0.05) is 12.1 Å². The zero-order chi connectivity index (χ0) is 16.0. The van der Waals surface area contributed by atoms with Gasteiger partial charge in [-0.05, 0) is 13.0 Å². The van der Waals surface area contributed by atoms with Crippen molar-refractivity contribution in [2.45, 2.75) is 19.4 Å². The van der Waals surface area contributed by atoms with E-state index in [9.17, 15) is 9.59 Å². The summed E-state index contributed by atoms with van der Waals surface area (Å²) in [5.74, 6) is 1.17. The Balaban J connectivity index is 0.000000315. The van der Waals surface area contributed by atoms with Gasteiger partial charge in [-0.3, -0.25) is 0 Å². The van der Waals surface area contributed by atoms with Crippen LogP contribution in [0, 0.1) is 0 Å². The topological polar surface area (TPSA) is 88.1 Å². The summed E-state index contributed by atoms with van der Waals surface area (Å²) in [4.78, 5) is 21.8. The van der Waals surface area contributed by atoms with Gasteiger partial charge in [0.25, 0.3) is 0 Å². The summed E-state index contributed by atoms with van der Waals surface area (Å²) < 4.78 is 10.7. The van der Waals surface area contributed by atoms with Crippen LogP contribution in [-0.2, 0) is 6.42 Å². The second-order valence-electron chi connectivity index (χ2n) is 4.69. The number of hydrogen-bond acceptors (Lipinski definition) is 4. The summed E-state index contributed by atoms with van der Waals surface area (Å²) >= 11 is 0. The number of nitrogens with one attached hydrogen (secondary N) is 1. The van der Waals surface area contributed by atoms with E-state index in [0.717, 1.165) is 16.9 Å². The first-order valence-corrected chi connectivity index (χ1v) is 6.43. The van der Waals surface area contributed by atoms with Crippen molar-refractivity contribution in [2.24, 2.45) is 0 Å². The van der Waals surface area contributed by atoms with Gasteiger partial charge in [0.05, 0.1) is 0 Å². The number of amides is 2. The number of fused-ring (bicyclic) bond motifs is 1. The lowest BCUT2D eigenvalue weighted by Crippen LogP contribution is -2.22. The highest BCUT2D eigenvalue weighted by molar-refractivity contribution is 5.71. The number of para-hydroxylation sites is 1. The second kappa shape index (κ2) is 7.37. The Labute approximate surface area is 123 Å². The number of rotatable bonds is 1. The van der Waals surface area contributed by atoms with Crippen LogP contribution in [0.3, 0.4) is 0 Å². The monoisotopic (exact) mass is 296 g/mol. The molecule has 0 aliphatic carbocycles. The number of benzene rings is 1. The number of ether oxygens (including phenoxy) is 2. The highest BCUT2D eigenvalue weighted by Crippen LogP contribution is 2.37. The smallest absolute Gasteiger partial charge is 0.412 e. The average Bonchev–Trinajstić information content (AvgIpc) is 2.80. The van der Waals surface area contributed by atoms with Crippen LogP contribution in [0.2, 0.25) is 0 Å². The third-order valence-electron chi connectivity index (χ3n) is 2.68. The van der Waals surface area contributed by atoms with Gasteiger partial charge >= 0.3 is 12.2 Å². The van der Waals surface area contributed by atoms with Crippen molar-refractivity contribution in [3.63, 3.8) is 0 Å². The molecule has 0 bridgehead atoms. The Kier molecular flexibility index (Phi) is 5.83. The maximum absolute atomic E-state index is 11.1. The van der Waals surface area contributed by atoms with Crippen molar-refractivity contribution in [3.8, 4) is 11.5 Å². The van der Waals surface area contributed by atoms with Crippen LogP contribution < -0.4 is 14.8 Å². The molecule has 2 N–H and O–H groups in total. The van der Waals surface area contributed by atoms with Crippen LogP contribution in [-0.4, -0.2) is 49.4 Å². The van der Waals surface area contributed by atoms with Crippen LogP contribution in [0.1, 0.15) is 12.5 Å². The van der Waals surface area contributed by atoms with E-state index in [-0.39, 0.29) is 6.10 Å². The zero-order valence-corrected chi connectivity index (χ0v) is 12.5. The molecular formula is C14H20N2O5. The van der Waals surface area contributed by atoms with Crippen LogP contribution in [0.5, 0.6) is 11.5 Å². The molecule has 0 aromatic heterocycles. The molecule has 1 aromatic carbocycles. The molecular weight excluding hydrogens is 276 g/mol. The van der Waals surface area contributed by atoms with Crippen LogP contribution in [0.25, 0.3) is 0 Å². The molecule has 1 aliphatic heterocycles. The first-order chi connectivity index (χ1) is 9.85. The molecule has 2 rings (SSSR count). The Morgan fingerprint density at radius 1 is 1.43 bits per heavy atom. The summed E-state index contributed by atoms with van der Waals surface area (Å²) in [6, 6.07) is 5.57. The van der Waals surface area contributed by atoms with Crippen molar-refractivity contribution in [3.05, 3.63) is 23.8 Å². The minimum absolute atomic E-state index is 0.148. The van der Waals surface area contributed by atoms with Crippen LogP contribution in [0.4, 0.5) is 9.59 Å². The highest BCUT2D eigenvalue weighted by atomic mass is 16.6. The molecule has 0 saturated heterocycles. The van der Waals surface area contributed by atoms with E-state index < -0.39 is 12.2 Å². The van der Waals surface area contributed by atoms with Gasteiger partial charge in [-0.15, -0.1) is 0 Å². The third kappa shape index (κ3) is 4.87. The van der Waals surface area contributed by atoms with Gasteiger partial charge in [0.2, 0.25) is 0 Å². The molecule has 0 saturated carbocycles. The predicted octanol–water partition coefficient (Wildman–Crippen LogP) is 1.95. The molecule has 1 aliphatic rings. The molecule has 0 spiro atoms. The van der Waals surface area contributed by atoms with Gasteiger partial charge in [0, 0.05) is 33.1 Å². The fourth-order valence-corrected chi connectivity index (χ4v) is 1.64. The van der Waals surface area contributed by atoms with Crippen molar-refractivity contribution < 1.29 is 24.2 Å². The van der Waals surface area contributed by atoms with E-state index in [0.29, 0.717) is 11.5 Å². The summed E-state index contributed by atoms with van der Waals surface area (Å²) in [6.07, 6.45) is -0.378. The van der Waals surface area contributed by atoms with Crippen molar-refractivity contribution in [1.82, 2.24) is 10.2 Å². The van der Waals surface area contributed by atoms with E-state index in [4.69, 9.17) is 14.6 Å². The van der Waals surface area contributed by atoms with Crippen molar-refractivity contribution >= 4 is 12.2 Å². The third-order valence-corrected chi connectivity index (χ3v) is 2.68. The van der Waals surface area contributed by atoms with E-state index in [1.165, 1.54) is 21.1 Å². The van der Waals surface area contributed by atoms with E-state index in [1.807, 2.05) is 19.1 Å². The molecule has 7 heteroatoms. The molecule has 1 heterocycles. The maximum atomic E-state index is 11.1. The molecule has 1 unspecified atom stereocenters. The van der Waals surface area contributed by atoms with Crippen LogP contribution >= 0.6 is 0 Å². The Morgan fingerprint density at radius 2 is 2.05 bits per heavy atom. The van der Waals surface area contributed by atoms with E-state index in [2.05, 4.69) is 5.32 Å². The zero-order valence-electron chi connectivity index (χ0n) is 12.5. The lowest BCUT2D eigenvalue weighted by Gasteiger charge is -2.08. The summed E-state index contributed by atoms with van der Waals surface area (Å²) in [7, 11) is 4.47. The molecule has 1 atom stereocenters.